The Hall–Kier alpha value is -0.510. The van der Waals surface area contributed by atoms with Crippen molar-refractivity contribution in [1.29, 1.82) is 0 Å². The third-order valence-electron chi connectivity index (χ3n) is 1.69. The molecule has 0 bridgehead atoms. The average molecular weight is 220 g/mol. The van der Waals surface area contributed by atoms with Crippen LogP contribution in [-0.2, 0) is 15.4 Å². The zero-order chi connectivity index (χ0) is 10.4. The monoisotopic (exact) mass is 219 g/mol. The lowest BCUT2D eigenvalue weighted by Crippen LogP contribution is -2.07. The fraction of sp³-hybridized carbons (Fsp3) is 0.600. The van der Waals surface area contributed by atoms with Crippen LogP contribution in [0.2, 0.25) is 0 Å². The Labute approximate surface area is 88.9 Å². The van der Waals surface area contributed by atoms with Gasteiger partial charge in [-0.25, -0.2) is 0 Å². The lowest BCUT2D eigenvalue weighted by Gasteiger charge is -2.13. The highest BCUT2D eigenvalue weighted by molar-refractivity contribution is 5.07. The molecule has 0 aromatic carbocycles. The summed E-state index contributed by atoms with van der Waals surface area (Å²) >= 11 is 4.87. The molecule has 1 aromatic heterocycles. The summed E-state index contributed by atoms with van der Waals surface area (Å²) in [7, 11) is 0. The molecule has 80 valence electrons. The SMILES string of the molecule is CCOC(OCC)c1ccc(C[ClH+])o1. The maximum Gasteiger partial charge on any atom is 0.226 e. The van der Waals surface area contributed by atoms with Gasteiger partial charge in [-0.3, -0.25) is 0 Å². The van der Waals surface area contributed by atoms with E-state index in [-0.39, 0.29) is 0 Å². The summed E-state index contributed by atoms with van der Waals surface area (Å²) in [6, 6.07) is 3.70. The number of hydrogen-bond acceptors (Lipinski definition) is 3. The number of alkyl halides is 1. The molecule has 1 aromatic rings. The molecule has 0 unspecified atom stereocenters. The zero-order valence-electron chi connectivity index (χ0n) is 8.49. The van der Waals surface area contributed by atoms with Crippen LogP contribution in [0.1, 0.15) is 31.7 Å². The first-order chi connectivity index (χ1) is 6.81. The van der Waals surface area contributed by atoms with Gasteiger partial charge in [0.25, 0.3) is 0 Å². The van der Waals surface area contributed by atoms with E-state index in [2.05, 4.69) is 0 Å². The van der Waals surface area contributed by atoms with Gasteiger partial charge in [0.1, 0.15) is 11.6 Å². The molecule has 0 saturated carbocycles. The first-order valence-corrected chi connectivity index (χ1v) is 5.29. The molecule has 0 spiro atoms. The minimum Gasteiger partial charge on any atom is -0.455 e. The van der Waals surface area contributed by atoms with Crippen molar-refractivity contribution in [1.82, 2.24) is 0 Å². The first-order valence-electron chi connectivity index (χ1n) is 4.71. The van der Waals surface area contributed by atoms with Crippen LogP contribution in [-0.4, -0.2) is 13.2 Å². The second-order valence-electron chi connectivity index (χ2n) is 2.69. The number of hydrogen-bond donors (Lipinski definition) is 0. The lowest BCUT2D eigenvalue weighted by atomic mass is 10.4. The van der Waals surface area contributed by atoms with Crippen molar-refractivity contribution in [3.63, 3.8) is 0 Å². The smallest absolute Gasteiger partial charge is 0.226 e. The van der Waals surface area contributed by atoms with Gasteiger partial charge in [-0.15, -0.1) is 0 Å². The maximum atomic E-state index is 5.45. The summed E-state index contributed by atoms with van der Waals surface area (Å²) in [5.41, 5.74) is 0. The van der Waals surface area contributed by atoms with Crippen molar-refractivity contribution in [2.45, 2.75) is 26.0 Å². The van der Waals surface area contributed by atoms with Crippen molar-refractivity contribution in [3.05, 3.63) is 23.7 Å². The molecule has 14 heavy (non-hydrogen) atoms. The summed E-state index contributed by atoms with van der Waals surface area (Å²) in [5, 5.41) is 0. The molecule has 0 aliphatic rings. The van der Waals surface area contributed by atoms with Gasteiger partial charge in [0.15, 0.2) is 11.5 Å². The Kier molecular flexibility index (Phi) is 5.01. The fourth-order valence-corrected chi connectivity index (χ4v) is 1.27. The highest BCUT2D eigenvalue weighted by Crippen LogP contribution is 2.21. The van der Waals surface area contributed by atoms with Crippen molar-refractivity contribution in [2.75, 3.05) is 13.2 Å². The second kappa shape index (κ2) is 6.06. The van der Waals surface area contributed by atoms with Crippen LogP contribution in [0.3, 0.4) is 0 Å². The number of ether oxygens (including phenoxy) is 2. The van der Waals surface area contributed by atoms with Gasteiger partial charge < -0.3 is 13.9 Å². The fourth-order valence-electron chi connectivity index (χ4n) is 1.11. The molecule has 0 N–H and O–H groups in total. The highest BCUT2D eigenvalue weighted by atomic mass is 35.5. The van der Waals surface area contributed by atoms with E-state index in [0.717, 1.165) is 5.76 Å². The van der Waals surface area contributed by atoms with E-state index in [9.17, 15) is 0 Å². The van der Waals surface area contributed by atoms with Gasteiger partial charge in [-0.05, 0) is 26.0 Å². The number of furan rings is 1. The van der Waals surface area contributed by atoms with Gasteiger partial charge in [0.05, 0.1) is 0 Å². The quantitative estimate of drug-likeness (QED) is 0.543. The van der Waals surface area contributed by atoms with Crippen molar-refractivity contribution < 1.29 is 25.5 Å². The first kappa shape index (κ1) is 11.6. The topological polar surface area (TPSA) is 31.6 Å². The van der Waals surface area contributed by atoms with Gasteiger partial charge in [0.2, 0.25) is 12.2 Å². The maximum absolute atomic E-state index is 5.45. The van der Waals surface area contributed by atoms with Crippen molar-refractivity contribution in [2.24, 2.45) is 0 Å². The Bertz CT molecular complexity index is 254. The van der Waals surface area contributed by atoms with Crippen LogP contribution >= 0.6 is 0 Å². The third kappa shape index (κ3) is 3.01. The Balaban J connectivity index is 2.65. The number of rotatable bonds is 6. The molecule has 1 rings (SSSR count). The number of halogens is 1. The Morgan fingerprint density at radius 1 is 1.29 bits per heavy atom. The molecule has 0 aliphatic heterocycles. The summed E-state index contributed by atoms with van der Waals surface area (Å²) in [6.45, 7) is 5.02. The third-order valence-corrected chi connectivity index (χ3v) is 1.98. The van der Waals surface area contributed by atoms with Crippen molar-refractivity contribution >= 4 is 0 Å². The van der Waals surface area contributed by atoms with Crippen molar-refractivity contribution in [3.8, 4) is 0 Å². The molecule has 3 nitrogen and oxygen atoms in total. The zero-order valence-corrected chi connectivity index (χ0v) is 9.30. The highest BCUT2D eigenvalue weighted by Gasteiger charge is 2.16. The minimum absolute atomic E-state index is 0.403. The van der Waals surface area contributed by atoms with E-state index in [0.29, 0.717) is 24.9 Å². The van der Waals surface area contributed by atoms with Gasteiger partial charge in [-0.2, -0.15) is 0 Å². The molecule has 1 heterocycles. The molecule has 0 saturated heterocycles. The molecule has 0 fully saturated rings. The predicted molar refractivity (Wildman–Crippen MR) is 49.8 cm³/mol. The van der Waals surface area contributed by atoms with Crippen LogP contribution < -0.4 is 0 Å². The summed E-state index contributed by atoms with van der Waals surface area (Å²) in [5.74, 6) is 1.94. The van der Waals surface area contributed by atoms with E-state index in [1.807, 2.05) is 26.0 Å². The normalized spacial score (nSPS) is 11.1. The van der Waals surface area contributed by atoms with Crippen LogP contribution in [0.4, 0.5) is 0 Å². The molecule has 4 heteroatoms. The van der Waals surface area contributed by atoms with E-state index in [1.165, 1.54) is 0 Å². The Morgan fingerprint density at radius 3 is 2.36 bits per heavy atom. The summed E-state index contributed by atoms with van der Waals surface area (Å²) < 4.78 is 16.2. The van der Waals surface area contributed by atoms with E-state index in [1.54, 1.807) is 0 Å². The minimum atomic E-state index is -0.403. The van der Waals surface area contributed by atoms with Crippen LogP contribution in [0.5, 0.6) is 0 Å². The molecule has 0 aliphatic carbocycles. The van der Waals surface area contributed by atoms with Crippen LogP contribution in [0.15, 0.2) is 16.5 Å². The molecular formula is C10H16ClO3+. The Morgan fingerprint density at radius 2 is 1.93 bits per heavy atom. The van der Waals surface area contributed by atoms with Crippen LogP contribution in [0, 0.1) is 11.6 Å². The molecule has 0 radical (unpaired) electrons. The van der Waals surface area contributed by atoms with Crippen LogP contribution in [0.25, 0.3) is 0 Å². The van der Waals surface area contributed by atoms with Gasteiger partial charge in [-0.1, -0.05) is 0 Å². The molecule has 0 amide bonds. The molecular weight excluding hydrogens is 204 g/mol. The van der Waals surface area contributed by atoms with E-state index in [4.69, 9.17) is 25.5 Å². The lowest BCUT2D eigenvalue weighted by molar-refractivity contribution is -0.390. The molecule has 0 atom stereocenters. The van der Waals surface area contributed by atoms with E-state index >= 15 is 0 Å². The summed E-state index contributed by atoms with van der Waals surface area (Å²) in [4.78, 5) is 0. The second-order valence-corrected chi connectivity index (χ2v) is 2.98. The summed E-state index contributed by atoms with van der Waals surface area (Å²) in [6.07, 6.45) is -0.403. The largest absolute Gasteiger partial charge is 0.455 e. The van der Waals surface area contributed by atoms with E-state index < -0.39 is 6.29 Å². The predicted octanol–water partition coefficient (Wildman–Crippen LogP) is 2.13. The van der Waals surface area contributed by atoms with Gasteiger partial charge >= 0.3 is 0 Å². The average Bonchev–Trinajstić information content (AvgIpc) is 2.65. The van der Waals surface area contributed by atoms with Gasteiger partial charge in [0, 0.05) is 13.2 Å². The standard InChI is InChI=1S/C10H16ClO3/c1-3-12-10(13-4-2)9-6-5-8(7-11)14-9/h5-6,10-11H,3-4,7H2,1-2H3/q+1.